The zero-order valence-corrected chi connectivity index (χ0v) is 15.9. The maximum Gasteiger partial charge on any atom is 0.295 e. The molecule has 1 heterocycles. The summed E-state index contributed by atoms with van der Waals surface area (Å²) in [5, 5.41) is 10.9. The van der Waals surface area contributed by atoms with Crippen LogP contribution in [0.15, 0.2) is 60.2 Å². The van der Waals surface area contributed by atoms with Crippen LogP contribution in [0.1, 0.15) is 23.6 Å². The third kappa shape index (κ3) is 3.77. The molecule has 1 fully saturated rings. The molecule has 1 saturated heterocycles. The molecule has 1 unspecified atom stereocenters. The summed E-state index contributed by atoms with van der Waals surface area (Å²) in [5.41, 5.74) is 1.32. The predicted molar refractivity (Wildman–Crippen MR) is 105 cm³/mol. The van der Waals surface area contributed by atoms with Crippen LogP contribution in [0.2, 0.25) is 0 Å². The molecule has 2 aromatic rings. The number of nitrogens with zero attached hydrogens (tertiary/aromatic N) is 1. The van der Waals surface area contributed by atoms with Crippen LogP contribution in [-0.2, 0) is 14.3 Å². The Morgan fingerprint density at radius 3 is 2.32 bits per heavy atom. The van der Waals surface area contributed by atoms with Crippen molar-refractivity contribution in [2.75, 3.05) is 27.4 Å². The molecule has 2 aromatic carbocycles. The molecule has 0 saturated carbocycles. The van der Waals surface area contributed by atoms with Gasteiger partial charge in [-0.15, -0.1) is 0 Å². The molecular formula is C22H23NO5. The number of aliphatic hydroxyl groups is 1. The molecule has 1 aliphatic heterocycles. The second kappa shape index (κ2) is 8.71. The maximum absolute atomic E-state index is 12.8. The molecule has 0 radical (unpaired) electrons. The van der Waals surface area contributed by atoms with Crippen LogP contribution < -0.4 is 4.74 Å². The molecule has 6 heteroatoms. The van der Waals surface area contributed by atoms with E-state index in [4.69, 9.17) is 9.47 Å². The van der Waals surface area contributed by atoms with E-state index in [-0.39, 0.29) is 11.3 Å². The quantitative estimate of drug-likeness (QED) is 0.345. The van der Waals surface area contributed by atoms with Crippen molar-refractivity contribution in [3.63, 3.8) is 0 Å². The summed E-state index contributed by atoms with van der Waals surface area (Å²) in [5.74, 6) is -0.800. The lowest BCUT2D eigenvalue weighted by atomic mass is 9.95. The molecule has 0 spiro atoms. The number of amides is 1. The number of Topliss-reactive ketones (excluding diaryl/α,β-unsaturated/α-hetero) is 1. The fourth-order valence-corrected chi connectivity index (χ4v) is 3.37. The lowest BCUT2D eigenvalue weighted by Crippen LogP contribution is -2.31. The topological polar surface area (TPSA) is 76.1 Å². The molecule has 1 aliphatic rings. The van der Waals surface area contributed by atoms with Gasteiger partial charge in [0.25, 0.3) is 11.7 Å². The Morgan fingerprint density at radius 2 is 1.71 bits per heavy atom. The predicted octanol–water partition coefficient (Wildman–Crippen LogP) is 3.15. The van der Waals surface area contributed by atoms with Crippen molar-refractivity contribution in [3.8, 4) is 5.75 Å². The van der Waals surface area contributed by atoms with E-state index in [1.54, 1.807) is 62.8 Å². The van der Waals surface area contributed by atoms with Gasteiger partial charge in [-0.05, 0) is 24.1 Å². The maximum atomic E-state index is 12.8. The normalized spacial score (nSPS) is 18.5. The molecule has 6 nitrogen and oxygen atoms in total. The van der Waals surface area contributed by atoms with Crippen LogP contribution in [0.25, 0.3) is 5.76 Å². The van der Waals surface area contributed by atoms with Crippen molar-refractivity contribution in [2.45, 2.75) is 12.5 Å². The van der Waals surface area contributed by atoms with Crippen molar-refractivity contribution < 1.29 is 24.2 Å². The summed E-state index contributed by atoms with van der Waals surface area (Å²) in [4.78, 5) is 27.0. The summed E-state index contributed by atoms with van der Waals surface area (Å²) in [6.07, 6.45) is 0.585. The van der Waals surface area contributed by atoms with E-state index in [2.05, 4.69) is 0 Å². The first-order valence-electron chi connectivity index (χ1n) is 9.05. The third-order valence-electron chi connectivity index (χ3n) is 4.77. The highest BCUT2D eigenvalue weighted by atomic mass is 16.5. The van der Waals surface area contributed by atoms with Crippen molar-refractivity contribution in [2.24, 2.45) is 0 Å². The highest BCUT2D eigenvalue weighted by Crippen LogP contribution is 2.39. The smallest absolute Gasteiger partial charge is 0.295 e. The van der Waals surface area contributed by atoms with E-state index >= 15 is 0 Å². The zero-order valence-electron chi connectivity index (χ0n) is 15.9. The first-order chi connectivity index (χ1) is 13.6. The van der Waals surface area contributed by atoms with E-state index in [1.165, 1.54) is 4.90 Å². The number of aliphatic hydroxyl groups excluding tert-OH is 1. The fourth-order valence-electron chi connectivity index (χ4n) is 3.37. The molecule has 1 amide bonds. The van der Waals surface area contributed by atoms with E-state index in [9.17, 15) is 14.7 Å². The Morgan fingerprint density at radius 1 is 1.04 bits per heavy atom. The summed E-state index contributed by atoms with van der Waals surface area (Å²) < 4.78 is 10.3. The van der Waals surface area contributed by atoms with Gasteiger partial charge in [0.1, 0.15) is 11.5 Å². The van der Waals surface area contributed by atoms with Gasteiger partial charge in [-0.2, -0.15) is 0 Å². The Kier molecular flexibility index (Phi) is 6.11. The number of carbonyl (C=O) groups is 2. The third-order valence-corrected chi connectivity index (χ3v) is 4.77. The van der Waals surface area contributed by atoms with Crippen molar-refractivity contribution in [1.82, 2.24) is 4.90 Å². The Labute approximate surface area is 164 Å². The van der Waals surface area contributed by atoms with Gasteiger partial charge in [-0.1, -0.05) is 42.5 Å². The number of likely N-dealkylation sites (tertiary alicyclic amines) is 1. The van der Waals surface area contributed by atoms with Gasteiger partial charge >= 0.3 is 0 Å². The largest absolute Gasteiger partial charge is 0.507 e. The minimum atomic E-state index is -0.681. The Balaban J connectivity index is 2.09. The molecule has 0 bridgehead atoms. The summed E-state index contributed by atoms with van der Waals surface area (Å²) in [7, 11) is 3.16. The van der Waals surface area contributed by atoms with Crippen LogP contribution in [0.3, 0.4) is 0 Å². The van der Waals surface area contributed by atoms with Crippen LogP contribution in [0.4, 0.5) is 0 Å². The van der Waals surface area contributed by atoms with Crippen LogP contribution in [-0.4, -0.2) is 49.1 Å². The number of hydrogen-bond donors (Lipinski definition) is 1. The highest BCUT2D eigenvalue weighted by molar-refractivity contribution is 6.46. The van der Waals surface area contributed by atoms with E-state index in [0.29, 0.717) is 30.9 Å². The van der Waals surface area contributed by atoms with Crippen molar-refractivity contribution in [1.29, 1.82) is 0 Å². The Bertz CT molecular complexity index is 874. The van der Waals surface area contributed by atoms with Crippen molar-refractivity contribution >= 4 is 17.4 Å². The molecule has 28 heavy (non-hydrogen) atoms. The van der Waals surface area contributed by atoms with Gasteiger partial charge in [-0.25, -0.2) is 0 Å². The van der Waals surface area contributed by atoms with Crippen LogP contribution >= 0.6 is 0 Å². The number of rotatable bonds is 7. The number of hydrogen-bond acceptors (Lipinski definition) is 5. The number of carbonyl (C=O) groups excluding carboxylic acids is 2. The van der Waals surface area contributed by atoms with Gasteiger partial charge in [-0.3, -0.25) is 9.59 Å². The fraction of sp³-hybridized carbons (Fsp3) is 0.273. The van der Waals surface area contributed by atoms with Gasteiger partial charge < -0.3 is 19.5 Å². The monoisotopic (exact) mass is 381 g/mol. The van der Waals surface area contributed by atoms with Gasteiger partial charge in [0, 0.05) is 25.8 Å². The standard InChI is InChI=1S/C22H23NO5/c1-27-14-6-13-23-19(15-9-11-17(28-2)12-10-15)18(21(25)22(23)26)20(24)16-7-4-3-5-8-16/h3-5,7-12,19,24H,6,13-14H2,1-2H3/b20-18+. The zero-order chi connectivity index (χ0) is 20.1. The van der Waals surface area contributed by atoms with E-state index in [0.717, 1.165) is 5.56 Å². The summed E-state index contributed by atoms with van der Waals surface area (Å²) in [6, 6.07) is 15.3. The minimum Gasteiger partial charge on any atom is -0.507 e. The molecule has 1 N–H and O–H groups in total. The summed E-state index contributed by atoms with van der Waals surface area (Å²) >= 11 is 0. The second-order valence-electron chi connectivity index (χ2n) is 6.48. The molecule has 146 valence electrons. The van der Waals surface area contributed by atoms with Gasteiger partial charge in [0.05, 0.1) is 18.7 Å². The molecule has 0 aliphatic carbocycles. The lowest BCUT2D eigenvalue weighted by Gasteiger charge is -2.25. The highest BCUT2D eigenvalue weighted by Gasteiger charge is 2.45. The molecule has 3 rings (SSSR count). The van der Waals surface area contributed by atoms with E-state index in [1.807, 2.05) is 6.07 Å². The van der Waals surface area contributed by atoms with Crippen LogP contribution in [0, 0.1) is 0 Å². The first kappa shape index (κ1) is 19.6. The molecule has 0 aromatic heterocycles. The Hall–Kier alpha value is -3.12. The van der Waals surface area contributed by atoms with Gasteiger partial charge in [0.15, 0.2) is 0 Å². The number of methoxy groups -OCH3 is 2. The minimum absolute atomic E-state index is 0.0961. The number of ketones is 1. The number of benzene rings is 2. The van der Waals surface area contributed by atoms with Gasteiger partial charge in [0.2, 0.25) is 0 Å². The van der Waals surface area contributed by atoms with Crippen molar-refractivity contribution in [3.05, 3.63) is 71.3 Å². The second-order valence-corrected chi connectivity index (χ2v) is 6.48. The summed E-state index contributed by atoms with van der Waals surface area (Å²) in [6.45, 7) is 0.817. The molecule has 1 atom stereocenters. The molecular weight excluding hydrogens is 358 g/mol. The lowest BCUT2D eigenvalue weighted by molar-refractivity contribution is -0.140. The average molecular weight is 381 g/mol. The number of ether oxygens (including phenoxy) is 2. The van der Waals surface area contributed by atoms with E-state index < -0.39 is 17.7 Å². The average Bonchev–Trinajstić information content (AvgIpc) is 2.99. The SMILES string of the molecule is COCCCN1C(=O)C(=O)/C(=C(/O)c2ccccc2)C1c1ccc(OC)cc1. The first-order valence-corrected chi connectivity index (χ1v) is 9.05. The van der Waals surface area contributed by atoms with Crippen LogP contribution in [0.5, 0.6) is 5.75 Å².